The van der Waals surface area contributed by atoms with Crippen LogP contribution in [-0.4, -0.2) is 76.9 Å². The molecule has 50 heavy (non-hydrogen) atoms. The summed E-state index contributed by atoms with van der Waals surface area (Å²) >= 11 is 0. The Hall–Kier alpha value is -3.07. The molecule has 6 heteroatoms. The fourth-order valence-electron chi connectivity index (χ4n) is 9.98. The number of benzene rings is 4. The van der Waals surface area contributed by atoms with Gasteiger partial charge in [-0.2, -0.15) is 0 Å². The average Bonchev–Trinajstić information content (AvgIpc) is 3.98. The molecule has 5 aliphatic rings. The Morgan fingerprint density at radius 3 is 0.800 bits per heavy atom. The molecule has 4 aromatic rings. The van der Waals surface area contributed by atoms with Gasteiger partial charge in [0.05, 0.1) is 0 Å². The van der Waals surface area contributed by atoms with Gasteiger partial charge in [-0.15, -0.1) is 24.2 Å². The van der Waals surface area contributed by atoms with Crippen molar-refractivity contribution in [1.29, 1.82) is 0 Å². The summed E-state index contributed by atoms with van der Waals surface area (Å²) in [5, 5.41) is 20.0. The third-order valence-corrected chi connectivity index (χ3v) is 12.0. The van der Waals surface area contributed by atoms with E-state index < -0.39 is 0 Å². The minimum Gasteiger partial charge on any atom is -0.656 e. The maximum Gasteiger partial charge on any atom is 2.00 e. The number of nitrogens with one attached hydrogen (secondary N) is 2. The van der Waals surface area contributed by atoms with Gasteiger partial charge in [-0.1, -0.05) is 171 Å². The molecule has 4 N–H and O–H groups in total. The molecule has 0 spiro atoms. The third kappa shape index (κ3) is 6.80. The van der Waals surface area contributed by atoms with E-state index in [1.807, 2.05) is 0 Å². The van der Waals surface area contributed by atoms with Crippen LogP contribution in [0.4, 0.5) is 0 Å². The second kappa shape index (κ2) is 15.7. The van der Waals surface area contributed by atoms with Crippen LogP contribution in [0.3, 0.4) is 0 Å². The van der Waals surface area contributed by atoms with Crippen molar-refractivity contribution in [3.8, 4) is 0 Å². The standard InChI is InChI=1S/C44H46N4.Mg.H2O/c1-5-13-29(14-6-1)41-33-21-23-35(45-33)42(30-15-7-2-8-16-30)37-25-27-39(47-37)44(32-19-11-4-12-20-32)40-28-26-38(48-40)43(31-17-9-3-10-18-31)36-24-22-34(41)46-36;;/h1-21,23,26,28,33-45,48H,22,24-25,27H2;;1H2/q-2;+2;. The normalized spacial score (nSPS) is 35.7. The van der Waals surface area contributed by atoms with Crippen LogP contribution in [0.1, 0.15) is 71.6 Å². The molecule has 0 saturated carbocycles. The number of rotatable bonds is 4. The molecule has 12 unspecified atom stereocenters. The minimum atomic E-state index is 0. The first kappa shape index (κ1) is 35.3. The molecule has 0 amide bonds. The van der Waals surface area contributed by atoms with Gasteiger partial charge in [-0.05, 0) is 45.9 Å². The van der Waals surface area contributed by atoms with Crippen LogP contribution in [0.2, 0.25) is 0 Å². The van der Waals surface area contributed by atoms with E-state index in [0.717, 1.165) is 25.7 Å². The van der Waals surface area contributed by atoms with Crippen molar-refractivity contribution in [3.05, 3.63) is 179 Å². The molecule has 5 heterocycles. The molecule has 252 valence electrons. The molecule has 0 radical (unpaired) electrons. The second-order valence-electron chi connectivity index (χ2n) is 14.7. The smallest absolute Gasteiger partial charge is 0.656 e. The van der Waals surface area contributed by atoms with Crippen LogP contribution >= 0.6 is 0 Å². The van der Waals surface area contributed by atoms with Gasteiger partial charge in [0.2, 0.25) is 0 Å². The first-order valence-electron chi connectivity index (χ1n) is 18.3. The van der Waals surface area contributed by atoms with Crippen molar-refractivity contribution in [3.63, 3.8) is 0 Å². The summed E-state index contributed by atoms with van der Waals surface area (Å²) in [4.78, 5) is 0. The molecule has 3 saturated heterocycles. The predicted octanol–water partition coefficient (Wildman–Crippen LogP) is 7.53. The van der Waals surface area contributed by atoms with Crippen molar-refractivity contribution in [1.82, 2.24) is 10.6 Å². The molecule has 3 fully saturated rings. The zero-order valence-electron chi connectivity index (χ0n) is 28.7. The summed E-state index contributed by atoms with van der Waals surface area (Å²) < 4.78 is 0. The Bertz CT molecular complexity index is 1470. The summed E-state index contributed by atoms with van der Waals surface area (Å²) in [5.41, 5.74) is 5.55. The van der Waals surface area contributed by atoms with Crippen molar-refractivity contribution in [2.75, 3.05) is 0 Å². The van der Waals surface area contributed by atoms with E-state index in [1.165, 1.54) is 22.3 Å². The Morgan fingerprint density at radius 2 is 0.580 bits per heavy atom. The van der Waals surface area contributed by atoms with E-state index in [9.17, 15) is 0 Å². The van der Waals surface area contributed by atoms with Crippen LogP contribution in [0.15, 0.2) is 146 Å². The van der Waals surface area contributed by atoms with Gasteiger partial charge in [-0.3, -0.25) is 0 Å². The first-order chi connectivity index (χ1) is 23.8. The zero-order chi connectivity index (χ0) is 31.9. The monoisotopic (exact) mass is 672 g/mol. The van der Waals surface area contributed by atoms with Crippen LogP contribution in [-0.2, 0) is 0 Å². The number of hydrogen-bond donors (Lipinski definition) is 2. The molecule has 12 atom stereocenters. The Morgan fingerprint density at radius 1 is 0.360 bits per heavy atom. The van der Waals surface area contributed by atoms with Gasteiger partial charge in [0.25, 0.3) is 0 Å². The summed E-state index contributed by atoms with van der Waals surface area (Å²) in [7, 11) is 0. The molecule has 5 nitrogen and oxygen atoms in total. The van der Waals surface area contributed by atoms with Crippen LogP contribution in [0.5, 0.6) is 0 Å². The molecular weight excluding hydrogens is 625 g/mol. The number of fused-ring (bicyclic) bond motifs is 8. The zero-order valence-corrected chi connectivity index (χ0v) is 30.1. The molecule has 0 aliphatic carbocycles. The SMILES string of the molecule is C1=CC2NC1C(c1ccccc1)C1CCC([N-]1)C(c1ccccc1)C1C=CC(N1)C(c1ccccc1)C1CCC([N-]1)C2c1ccccc1.O.[Mg+2]. The Labute approximate surface area is 313 Å². The first-order valence-corrected chi connectivity index (χ1v) is 18.3. The quantitative estimate of drug-likeness (QED) is 0.174. The van der Waals surface area contributed by atoms with Crippen LogP contribution in [0, 0.1) is 0 Å². The topological polar surface area (TPSA) is 83.8 Å². The minimum absolute atomic E-state index is 0. The molecule has 0 aromatic heterocycles. The maximum absolute atomic E-state index is 5.80. The Balaban J connectivity index is 0.00000196. The summed E-state index contributed by atoms with van der Waals surface area (Å²) in [5.74, 6) is 1.14. The molecule has 8 bridgehead atoms. The van der Waals surface area contributed by atoms with E-state index in [2.05, 4.69) is 156 Å². The number of nitrogens with zero attached hydrogens (tertiary/aromatic N) is 2. The molecule has 5 aliphatic heterocycles. The maximum atomic E-state index is 5.80. The van der Waals surface area contributed by atoms with Crippen LogP contribution in [0.25, 0.3) is 10.6 Å². The van der Waals surface area contributed by atoms with Crippen molar-refractivity contribution in [2.24, 2.45) is 0 Å². The van der Waals surface area contributed by atoms with Gasteiger partial charge in [0.1, 0.15) is 0 Å². The van der Waals surface area contributed by atoms with Crippen molar-refractivity contribution in [2.45, 2.75) is 97.7 Å². The molecule has 4 aromatic carbocycles. The van der Waals surface area contributed by atoms with Crippen molar-refractivity contribution < 1.29 is 5.48 Å². The predicted molar refractivity (Wildman–Crippen MR) is 206 cm³/mol. The summed E-state index contributed by atoms with van der Waals surface area (Å²) in [6, 6.07) is 46.7. The fourth-order valence-corrected chi connectivity index (χ4v) is 9.98. The van der Waals surface area contributed by atoms with Gasteiger partial charge in [-0.25, -0.2) is 0 Å². The van der Waals surface area contributed by atoms with Gasteiger partial charge < -0.3 is 26.7 Å². The summed E-state index contributed by atoms with van der Waals surface area (Å²) in [6.45, 7) is 0. The largest absolute Gasteiger partial charge is 2.00 e. The van der Waals surface area contributed by atoms with Crippen molar-refractivity contribution >= 4 is 23.1 Å². The van der Waals surface area contributed by atoms with E-state index in [0.29, 0.717) is 0 Å². The van der Waals surface area contributed by atoms with Gasteiger partial charge >= 0.3 is 23.1 Å². The average molecular weight is 673 g/mol. The van der Waals surface area contributed by atoms with Gasteiger partial charge in [0.15, 0.2) is 0 Å². The van der Waals surface area contributed by atoms with E-state index in [-0.39, 0.29) is 101 Å². The fraction of sp³-hybridized carbons (Fsp3) is 0.364. The van der Waals surface area contributed by atoms with E-state index in [4.69, 9.17) is 10.6 Å². The molecular formula is C44H48MgN4O. The second-order valence-corrected chi connectivity index (χ2v) is 14.7. The van der Waals surface area contributed by atoms with Crippen LogP contribution < -0.4 is 10.6 Å². The Kier molecular flexibility index (Phi) is 11.1. The van der Waals surface area contributed by atoms with E-state index >= 15 is 0 Å². The summed E-state index contributed by atoms with van der Waals surface area (Å²) in [6.07, 6.45) is 14.3. The third-order valence-electron chi connectivity index (χ3n) is 12.0. The van der Waals surface area contributed by atoms with E-state index in [1.54, 1.807) is 0 Å². The molecule has 9 rings (SSSR count). The number of hydrogen-bond acceptors (Lipinski definition) is 2. The van der Waals surface area contributed by atoms with Gasteiger partial charge in [0, 0.05) is 24.2 Å².